The van der Waals surface area contributed by atoms with Gasteiger partial charge in [-0.1, -0.05) is 61.0 Å². The van der Waals surface area contributed by atoms with Crippen LogP contribution >= 0.6 is 0 Å². The third-order valence-corrected chi connectivity index (χ3v) is 5.38. The Balaban J connectivity index is 1.77. The molecule has 0 aliphatic carbocycles. The zero-order valence-electron chi connectivity index (χ0n) is 17.1. The molecular weight excluding hydrogens is 332 g/mol. The summed E-state index contributed by atoms with van der Waals surface area (Å²) in [5.74, 6) is 1.95. The monoisotopic (exact) mass is 362 g/mol. The van der Waals surface area contributed by atoms with Crippen molar-refractivity contribution in [2.24, 2.45) is 5.92 Å². The quantitative estimate of drug-likeness (QED) is 0.482. The Kier molecular flexibility index (Phi) is 6.00. The van der Waals surface area contributed by atoms with E-state index in [1.165, 1.54) is 17.6 Å². The molecule has 0 saturated carbocycles. The van der Waals surface area contributed by atoms with E-state index in [0.29, 0.717) is 11.8 Å². The highest BCUT2D eigenvalue weighted by Gasteiger charge is 2.15. The molecule has 0 radical (unpaired) electrons. The fourth-order valence-electron chi connectivity index (χ4n) is 3.49. The lowest BCUT2D eigenvalue weighted by Crippen LogP contribution is -2.07. The van der Waals surface area contributed by atoms with Gasteiger partial charge in [0.15, 0.2) is 5.76 Å². The molecule has 0 bridgehead atoms. The van der Waals surface area contributed by atoms with E-state index < -0.39 is 0 Å². The van der Waals surface area contributed by atoms with Gasteiger partial charge in [-0.2, -0.15) is 0 Å². The van der Waals surface area contributed by atoms with Crippen LogP contribution in [0.1, 0.15) is 45.1 Å². The number of allylic oxidation sites excluding steroid dienone is 1. The topological polar surface area (TPSA) is 29.3 Å². The summed E-state index contributed by atoms with van der Waals surface area (Å²) < 4.78 is 5.64. The Morgan fingerprint density at radius 1 is 1.07 bits per heavy atom. The van der Waals surface area contributed by atoms with Crippen LogP contribution in [-0.2, 0) is 0 Å². The molecule has 3 rings (SSSR count). The molecule has 1 heterocycles. The van der Waals surface area contributed by atoms with Crippen LogP contribution in [0.15, 0.2) is 64.8 Å². The van der Waals surface area contributed by atoms with Gasteiger partial charge in [-0.05, 0) is 55.5 Å². The van der Waals surface area contributed by atoms with Gasteiger partial charge in [-0.15, -0.1) is 0 Å². The maximum Gasteiger partial charge on any atom is 0.174 e. The summed E-state index contributed by atoms with van der Waals surface area (Å²) >= 11 is 0. The van der Waals surface area contributed by atoms with Crippen LogP contribution in [0.4, 0.5) is 0 Å². The molecule has 2 unspecified atom stereocenters. The minimum Gasteiger partial charge on any atom is -0.384 e. The largest absolute Gasteiger partial charge is 0.384 e. The first-order chi connectivity index (χ1) is 13.0. The zero-order chi connectivity index (χ0) is 19.4. The molecular formula is C24H30N2O. The van der Waals surface area contributed by atoms with E-state index in [-0.39, 0.29) is 0 Å². The predicted octanol–water partition coefficient (Wildman–Crippen LogP) is 6.48. The minimum atomic E-state index is 0.502. The van der Waals surface area contributed by atoms with E-state index in [4.69, 9.17) is 4.52 Å². The first kappa shape index (κ1) is 19.2. The molecule has 0 amide bonds. The average Bonchev–Trinajstić information content (AvgIpc) is 3.09. The summed E-state index contributed by atoms with van der Waals surface area (Å²) in [5, 5.41) is 5.33. The van der Waals surface area contributed by atoms with Crippen LogP contribution in [0.3, 0.4) is 0 Å². The molecule has 0 saturated heterocycles. The highest BCUT2D eigenvalue weighted by molar-refractivity contribution is 5.92. The van der Waals surface area contributed by atoms with Crippen molar-refractivity contribution < 1.29 is 4.52 Å². The van der Waals surface area contributed by atoms with Crippen molar-refractivity contribution in [1.29, 1.82) is 0 Å². The molecule has 2 aromatic carbocycles. The van der Waals surface area contributed by atoms with Gasteiger partial charge in [0, 0.05) is 25.0 Å². The molecule has 142 valence electrons. The highest BCUT2D eigenvalue weighted by atomic mass is 16.5. The molecule has 3 nitrogen and oxygen atoms in total. The molecule has 0 fully saturated rings. The van der Waals surface area contributed by atoms with Gasteiger partial charge in [0.2, 0.25) is 0 Å². The van der Waals surface area contributed by atoms with Crippen LogP contribution in [-0.4, -0.2) is 24.2 Å². The van der Waals surface area contributed by atoms with E-state index in [1.54, 1.807) is 0 Å². The second-order valence-electron chi connectivity index (χ2n) is 7.87. The van der Waals surface area contributed by atoms with Crippen molar-refractivity contribution in [2.45, 2.75) is 39.5 Å². The van der Waals surface area contributed by atoms with E-state index in [1.807, 2.05) is 18.2 Å². The number of hydrogen-bond acceptors (Lipinski definition) is 3. The smallest absolute Gasteiger partial charge is 0.174 e. The number of nitrogens with zero attached hydrogens (tertiary/aromatic N) is 2. The number of hydrogen-bond donors (Lipinski definition) is 0. The summed E-state index contributed by atoms with van der Waals surface area (Å²) in [6.45, 7) is 6.86. The van der Waals surface area contributed by atoms with Crippen molar-refractivity contribution in [2.75, 3.05) is 14.1 Å². The normalized spacial score (nSPS) is 14.3. The fourth-order valence-corrected chi connectivity index (χ4v) is 3.49. The molecule has 0 spiro atoms. The Hall–Kier alpha value is -2.55. The van der Waals surface area contributed by atoms with Crippen molar-refractivity contribution in [3.63, 3.8) is 0 Å². The van der Waals surface area contributed by atoms with Crippen LogP contribution in [0.25, 0.3) is 22.2 Å². The molecule has 3 heteroatoms. The molecule has 27 heavy (non-hydrogen) atoms. The second-order valence-corrected chi connectivity index (χ2v) is 7.87. The lowest BCUT2D eigenvalue weighted by atomic mass is 9.89. The summed E-state index contributed by atoms with van der Waals surface area (Å²) in [6.07, 6.45) is 4.58. The summed E-state index contributed by atoms with van der Waals surface area (Å²) in [4.78, 5) is 2.13. The van der Waals surface area contributed by atoms with Crippen molar-refractivity contribution in [1.82, 2.24) is 10.1 Å². The second kappa shape index (κ2) is 8.43. The van der Waals surface area contributed by atoms with Gasteiger partial charge in [-0.3, -0.25) is 0 Å². The number of aromatic nitrogens is 1. The van der Waals surface area contributed by atoms with E-state index in [2.05, 4.69) is 81.5 Å². The number of rotatable bonds is 7. The molecule has 0 N–H and O–H groups in total. The van der Waals surface area contributed by atoms with E-state index in [9.17, 15) is 0 Å². The Bertz CT molecular complexity index is 909. The summed E-state index contributed by atoms with van der Waals surface area (Å²) in [7, 11) is 4.16. The van der Waals surface area contributed by atoms with Crippen LogP contribution in [0, 0.1) is 5.92 Å². The van der Waals surface area contributed by atoms with Crippen molar-refractivity contribution in [3.05, 3.63) is 65.9 Å². The van der Waals surface area contributed by atoms with Gasteiger partial charge in [-0.25, -0.2) is 0 Å². The van der Waals surface area contributed by atoms with Gasteiger partial charge in [0.05, 0.1) is 0 Å². The molecule has 0 aliphatic heterocycles. The Morgan fingerprint density at radius 3 is 2.52 bits per heavy atom. The summed E-state index contributed by atoms with van der Waals surface area (Å²) in [5.41, 5.74) is 4.78. The third-order valence-electron chi connectivity index (χ3n) is 5.38. The van der Waals surface area contributed by atoms with Crippen LogP contribution < -0.4 is 0 Å². The van der Waals surface area contributed by atoms with E-state index >= 15 is 0 Å². The number of benzene rings is 2. The maximum absolute atomic E-state index is 5.64. The predicted molar refractivity (Wildman–Crippen MR) is 114 cm³/mol. The van der Waals surface area contributed by atoms with E-state index in [0.717, 1.165) is 28.6 Å². The molecule has 2 atom stereocenters. The van der Waals surface area contributed by atoms with Gasteiger partial charge in [0.25, 0.3) is 0 Å². The number of fused-ring (bicyclic) bond motifs is 1. The van der Waals surface area contributed by atoms with Gasteiger partial charge < -0.3 is 9.42 Å². The van der Waals surface area contributed by atoms with Crippen LogP contribution in [0.2, 0.25) is 0 Å². The lowest BCUT2D eigenvalue weighted by Gasteiger charge is -2.18. The Morgan fingerprint density at radius 2 is 1.81 bits per heavy atom. The molecule has 0 aliphatic rings. The maximum atomic E-state index is 5.64. The first-order valence-corrected chi connectivity index (χ1v) is 9.75. The zero-order valence-corrected chi connectivity index (χ0v) is 17.1. The minimum absolute atomic E-state index is 0.502. The van der Waals surface area contributed by atoms with Gasteiger partial charge >= 0.3 is 0 Å². The summed E-state index contributed by atoms with van der Waals surface area (Å²) in [6, 6.07) is 16.7. The SMILES string of the molecule is C/C(=C\N(C)C)C(C)CCC(C)c1ccc2noc(-c3ccccc3)c2c1. The lowest BCUT2D eigenvalue weighted by molar-refractivity contribution is 0.441. The molecule has 1 aromatic heterocycles. The highest BCUT2D eigenvalue weighted by Crippen LogP contribution is 2.32. The van der Waals surface area contributed by atoms with Gasteiger partial charge in [0.1, 0.15) is 5.52 Å². The first-order valence-electron chi connectivity index (χ1n) is 9.75. The van der Waals surface area contributed by atoms with Crippen molar-refractivity contribution >= 4 is 10.9 Å². The standard InChI is InChI=1S/C24H30N2O/c1-17(19(3)16-26(4)5)11-12-18(2)21-13-14-23-22(15-21)24(27-25-23)20-9-7-6-8-10-20/h6-10,13-18H,11-12H2,1-5H3/b19-16+. The average molecular weight is 363 g/mol. The van der Waals surface area contributed by atoms with Crippen molar-refractivity contribution in [3.8, 4) is 11.3 Å². The Labute approximate surface area is 162 Å². The fraction of sp³-hybridized carbons (Fsp3) is 0.375. The molecule has 3 aromatic rings. The third kappa shape index (κ3) is 4.60. The van der Waals surface area contributed by atoms with Crippen LogP contribution in [0.5, 0.6) is 0 Å².